The van der Waals surface area contributed by atoms with E-state index >= 15 is 0 Å². The molecule has 1 aromatic heterocycles. The van der Waals surface area contributed by atoms with Crippen LogP contribution in [0.5, 0.6) is 0 Å². The number of aromatic nitrogens is 2. The number of nitrogens with zero attached hydrogens (tertiary/aromatic N) is 1. The molecule has 2 aliphatic rings. The maximum atomic E-state index is 12.7. The molecule has 200 valence electrons. The van der Waals surface area contributed by atoms with E-state index in [-0.39, 0.29) is 22.2 Å². The van der Waals surface area contributed by atoms with Gasteiger partial charge in [0.2, 0.25) is 0 Å². The van der Waals surface area contributed by atoms with E-state index < -0.39 is 52.9 Å². The minimum Gasteiger partial charge on any atom is -0.414 e. The topological polar surface area (TPSA) is 101 Å². The molecule has 1 aromatic rings. The van der Waals surface area contributed by atoms with E-state index in [1.165, 1.54) is 28.6 Å². The van der Waals surface area contributed by atoms with Crippen LogP contribution in [0.3, 0.4) is 0 Å². The number of hydrogen-bond donors (Lipinski definition) is 1. The quantitative estimate of drug-likeness (QED) is 0.384. The summed E-state index contributed by atoms with van der Waals surface area (Å²) in [6.45, 7) is 17.7. The van der Waals surface area contributed by atoms with Gasteiger partial charge in [0.25, 0.3) is 5.56 Å². The van der Waals surface area contributed by atoms with Gasteiger partial charge >= 0.3 is 22.8 Å². The van der Waals surface area contributed by atoms with Crippen molar-refractivity contribution in [2.75, 3.05) is 18.8 Å². The standard InChI is InChI=1S/C23H42N2O7SSi2/c1-14(2)34(15(3)4)29-12-18-20(31-35(32-34,16(5)6)17(7)8)21(28-13-33-9)22(30-18)25-11-10-19(26)24-23(25)27/h10-11,14-18,20-22H,12-13H2,1-9H3,(H,24,26,27)/t18-,20?,21?,22-/m1/s1. The predicted octanol–water partition coefficient (Wildman–Crippen LogP) is 4.10. The van der Waals surface area contributed by atoms with Crippen molar-refractivity contribution in [1.82, 2.24) is 9.55 Å². The van der Waals surface area contributed by atoms with Crippen LogP contribution < -0.4 is 11.2 Å². The van der Waals surface area contributed by atoms with Gasteiger partial charge in [-0.15, -0.1) is 11.8 Å². The van der Waals surface area contributed by atoms with Gasteiger partial charge in [-0.1, -0.05) is 55.4 Å². The second-order valence-corrected chi connectivity index (χ2v) is 20.3. The summed E-state index contributed by atoms with van der Waals surface area (Å²) in [5, 5.41) is 0. The zero-order chi connectivity index (χ0) is 26.1. The van der Waals surface area contributed by atoms with E-state index in [2.05, 4.69) is 60.4 Å². The lowest BCUT2D eigenvalue weighted by atomic mass is 10.1. The van der Waals surface area contributed by atoms with Crippen LogP contribution in [-0.2, 0) is 22.4 Å². The summed E-state index contributed by atoms with van der Waals surface area (Å²) in [6, 6.07) is 1.31. The van der Waals surface area contributed by atoms with E-state index in [1.807, 2.05) is 6.26 Å². The molecule has 12 heteroatoms. The first-order chi connectivity index (χ1) is 16.4. The molecule has 2 unspecified atom stereocenters. The van der Waals surface area contributed by atoms with Crippen molar-refractivity contribution in [3.05, 3.63) is 33.1 Å². The lowest BCUT2D eigenvalue weighted by Gasteiger charge is -2.51. The van der Waals surface area contributed by atoms with Crippen LogP contribution in [0.25, 0.3) is 0 Å². The highest BCUT2D eigenvalue weighted by Gasteiger charge is 2.62. The fourth-order valence-electron chi connectivity index (χ4n) is 5.30. The summed E-state index contributed by atoms with van der Waals surface area (Å²) >= 11 is 1.54. The van der Waals surface area contributed by atoms with Gasteiger partial charge in [-0.25, -0.2) is 4.79 Å². The van der Waals surface area contributed by atoms with E-state index in [0.29, 0.717) is 12.5 Å². The summed E-state index contributed by atoms with van der Waals surface area (Å²) in [4.78, 5) is 26.7. The fraction of sp³-hybridized carbons (Fsp3) is 0.826. The highest BCUT2D eigenvalue weighted by Crippen LogP contribution is 2.48. The van der Waals surface area contributed by atoms with Gasteiger partial charge in [0.05, 0.1) is 12.5 Å². The Hall–Kier alpha value is -0.736. The zero-order valence-electron chi connectivity index (χ0n) is 22.4. The number of nitrogens with one attached hydrogen (secondary N) is 1. The number of ether oxygens (including phenoxy) is 2. The summed E-state index contributed by atoms with van der Waals surface area (Å²) in [7, 11) is -5.59. The molecule has 2 aliphatic heterocycles. The van der Waals surface area contributed by atoms with Gasteiger partial charge in [0, 0.05) is 12.3 Å². The van der Waals surface area contributed by atoms with Gasteiger partial charge in [0.1, 0.15) is 18.3 Å². The maximum Gasteiger partial charge on any atom is 0.335 e. The van der Waals surface area contributed by atoms with Gasteiger partial charge in [0.15, 0.2) is 6.23 Å². The monoisotopic (exact) mass is 546 g/mol. The van der Waals surface area contributed by atoms with Crippen molar-refractivity contribution in [3.63, 3.8) is 0 Å². The Morgan fingerprint density at radius 2 is 1.66 bits per heavy atom. The first-order valence-electron chi connectivity index (χ1n) is 12.5. The Kier molecular flexibility index (Phi) is 9.34. The second-order valence-electron chi connectivity index (χ2n) is 10.7. The van der Waals surface area contributed by atoms with Crippen molar-refractivity contribution < 1.29 is 22.4 Å². The molecular formula is C23H42N2O7SSi2. The third kappa shape index (κ3) is 5.45. The smallest absolute Gasteiger partial charge is 0.335 e. The third-order valence-corrected chi connectivity index (χ3v) is 17.7. The highest BCUT2D eigenvalue weighted by atomic mass is 32.2. The normalized spacial score (nSPS) is 28.5. The van der Waals surface area contributed by atoms with Crippen molar-refractivity contribution in [1.29, 1.82) is 0 Å². The van der Waals surface area contributed by atoms with Crippen LogP contribution in [0.4, 0.5) is 0 Å². The minimum absolute atomic E-state index is 0.158. The Balaban J connectivity index is 2.13. The van der Waals surface area contributed by atoms with Crippen LogP contribution >= 0.6 is 11.8 Å². The molecule has 1 N–H and O–H groups in total. The van der Waals surface area contributed by atoms with Gasteiger partial charge in [-0.2, -0.15) is 0 Å². The molecular weight excluding hydrogens is 504 g/mol. The molecule has 2 saturated heterocycles. The van der Waals surface area contributed by atoms with Gasteiger partial charge < -0.3 is 22.4 Å². The lowest BCUT2D eigenvalue weighted by molar-refractivity contribution is -0.0655. The molecule has 0 saturated carbocycles. The van der Waals surface area contributed by atoms with Crippen molar-refractivity contribution in [2.45, 2.75) is 102 Å². The third-order valence-electron chi connectivity index (χ3n) is 7.12. The number of hydrogen-bond acceptors (Lipinski definition) is 8. The SMILES string of the molecule is CSCOC1C2O[Si](C(C)C)(C(C)C)O[Si](C(C)C)(C(C)C)OC[C@H]2O[C@H]1n1ccc(=O)[nH]c1=O. The summed E-state index contributed by atoms with van der Waals surface area (Å²) in [5.74, 6) is 0.408. The van der Waals surface area contributed by atoms with E-state index in [9.17, 15) is 9.59 Å². The average molecular weight is 547 g/mol. The predicted molar refractivity (Wildman–Crippen MR) is 142 cm³/mol. The van der Waals surface area contributed by atoms with E-state index in [1.54, 1.807) is 0 Å². The lowest BCUT2D eigenvalue weighted by Crippen LogP contribution is -2.66. The number of H-pyrrole nitrogens is 1. The second kappa shape index (κ2) is 11.3. The van der Waals surface area contributed by atoms with Gasteiger partial charge in [-0.3, -0.25) is 14.3 Å². The van der Waals surface area contributed by atoms with E-state index in [0.717, 1.165) is 0 Å². The Labute approximate surface area is 214 Å². The Morgan fingerprint density at radius 3 is 2.17 bits per heavy atom. The van der Waals surface area contributed by atoms with Crippen molar-refractivity contribution in [3.8, 4) is 0 Å². The molecule has 0 aliphatic carbocycles. The maximum absolute atomic E-state index is 12.7. The van der Waals surface area contributed by atoms with Crippen LogP contribution in [0, 0.1) is 0 Å². The number of thioether (sulfide) groups is 1. The van der Waals surface area contributed by atoms with Crippen LogP contribution in [0.2, 0.25) is 22.2 Å². The highest BCUT2D eigenvalue weighted by molar-refractivity contribution is 7.98. The average Bonchev–Trinajstić information content (AvgIpc) is 3.07. The molecule has 0 spiro atoms. The first kappa shape index (κ1) is 28.8. The number of aromatic amines is 1. The molecule has 3 heterocycles. The Bertz CT molecular complexity index is 952. The summed E-state index contributed by atoms with van der Waals surface area (Å²) < 4.78 is 35.3. The fourth-order valence-corrected chi connectivity index (χ4v) is 16.8. The van der Waals surface area contributed by atoms with E-state index in [4.69, 9.17) is 22.4 Å². The largest absolute Gasteiger partial charge is 0.414 e. The first-order valence-corrected chi connectivity index (χ1v) is 17.8. The molecule has 9 nitrogen and oxygen atoms in total. The number of fused-ring (bicyclic) bond motifs is 1. The van der Waals surface area contributed by atoms with Crippen LogP contribution in [0.15, 0.2) is 21.9 Å². The molecule has 0 aromatic carbocycles. The molecule has 4 atom stereocenters. The molecule has 0 radical (unpaired) electrons. The molecule has 2 fully saturated rings. The molecule has 0 amide bonds. The summed E-state index contributed by atoms with van der Waals surface area (Å²) in [5.41, 5.74) is -0.253. The minimum atomic E-state index is -2.88. The van der Waals surface area contributed by atoms with Crippen molar-refractivity contribution in [2.24, 2.45) is 0 Å². The molecule has 3 rings (SSSR count). The summed E-state index contributed by atoms with van der Waals surface area (Å²) in [6.07, 6.45) is 1.15. The molecule has 0 bridgehead atoms. The van der Waals surface area contributed by atoms with Crippen LogP contribution in [0.1, 0.15) is 61.6 Å². The number of rotatable bonds is 8. The molecule has 35 heavy (non-hydrogen) atoms. The zero-order valence-corrected chi connectivity index (χ0v) is 25.2. The van der Waals surface area contributed by atoms with Gasteiger partial charge in [-0.05, 0) is 28.4 Å². The van der Waals surface area contributed by atoms with Crippen molar-refractivity contribution >= 4 is 28.9 Å². The Morgan fingerprint density at radius 1 is 1.06 bits per heavy atom. The van der Waals surface area contributed by atoms with Crippen LogP contribution in [-0.4, -0.2) is 63.8 Å².